The highest BCUT2D eigenvalue weighted by atomic mass is 35.5. The first-order chi connectivity index (χ1) is 15.1. The molecule has 0 saturated carbocycles. The molecular weight excluding hydrogens is 486 g/mol. The lowest BCUT2D eigenvalue weighted by Crippen LogP contribution is -2.41. The van der Waals surface area contributed by atoms with E-state index < -0.39 is 12.1 Å². The first-order valence-corrected chi connectivity index (χ1v) is 11.1. The Bertz CT molecular complexity index is 1160. The van der Waals surface area contributed by atoms with Gasteiger partial charge in [-0.2, -0.15) is 13.2 Å². The highest BCUT2D eigenvalue weighted by molar-refractivity contribution is 6.39. The van der Waals surface area contributed by atoms with Crippen LogP contribution >= 0.6 is 34.8 Å². The van der Waals surface area contributed by atoms with Crippen molar-refractivity contribution in [2.75, 3.05) is 23.3 Å². The van der Waals surface area contributed by atoms with Gasteiger partial charge in [0.25, 0.3) is 0 Å². The summed E-state index contributed by atoms with van der Waals surface area (Å²) in [5.74, 6) is -0.913. The number of nitrogens with one attached hydrogen (secondary N) is 1. The van der Waals surface area contributed by atoms with Gasteiger partial charge in [-0.3, -0.25) is 0 Å². The van der Waals surface area contributed by atoms with Crippen molar-refractivity contribution in [2.24, 2.45) is 18.7 Å². The molecule has 4 rings (SSSR count). The SMILES string of the molecule is Cn1c(Nc2c(Cl)ccc(CN)c2Cl)nc2cc(Cl)c(N3CCC[C@@H](C(F)(F)F)C3)cc21. The van der Waals surface area contributed by atoms with E-state index in [0.29, 0.717) is 56.4 Å². The first-order valence-electron chi connectivity index (χ1n) is 10.0. The third kappa shape index (κ3) is 4.33. The van der Waals surface area contributed by atoms with Crippen molar-refractivity contribution in [1.29, 1.82) is 0 Å². The topological polar surface area (TPSA) is 59.1 Å². The van der Waals surface area contributed by atoms with E-state index in [4.69, 9.17) is 40.5 Å². The zero-order valence-electron chi connectivity index (χ0n) is 17.1. The molecule has 3 aromatic rings. The molecule has 2 heterocycles. The van der Waals surface area contributed by atoms with Gasteiger partial charge in [0.15, 0.2) is 0 Å². The predicted molar refractivity (Wildman–Crippen MR) is 124 cm³/mol. The average Bonchev–Trinajstić information content (AvgIpc) is 3.04. The van der Waals surface area contributed by atoms with Crippen LogP contribution in [0.2, 0.25) is 15.1 Å². The number of piperidine rings is 1. The van der Waals surface area contributed by atoms with Gasteiger partial charge in [0.2, 0.25) is 5.95 Å². The summed E-state index contributed by atoms with van der Waals surface area (Å²) in [6.45, 7) is 0.646. The van der Waals surface area contributed by atoms with Crippen molar-refractivity contribution in [1.82, 2.24) is 9.55 Å². The number of hydrogen-bond acceptors (Lipinski definition) is 4. The molecule has 1 aliphatic rings. The molecule has 1 aliphatic heterocycles. The number of aromatic nitrogens is 2. The van der Waals surface area contributed by atoms with Crippen LogP contribution in [0.5, 0.6) is 0 Å². The maximum atomic E-state index is 13.3. The van der Waals surface area contributed by atoms with Gasteiger partial charge < -0.3 is 20.5 Å². The van der Waals surface area contributed by atoms with Crippen molar-refractivity contribution in [3.8, 4) is 0 Å². The molecular formula is C21H21Cl3F3N5. The molecule has 2 aromatic carbocycles. The number of halogens is 6. The number of hydrogen-bond donors (Lipinski definition) is 2. The number of alkyl halides is 3. The standard InChI is InChI=1S/C21H21Cl3F3N5/c1-31-17-8-16(32-6-2-3-12(10-32)21(25,26)27)14(23)7-15(17)29-20(31)30-19-13(22)5-4-11(9-28)18(19)24/h4-5,7-8,12H,2-3,6,9-10,28H2,1H3,(H,29,30)/t12-/m1/s1. The summed E-state index contributed by atoms with van der Waals surface area (Å²) < 4.78 is 41.6. The van der Waals surface area contributed by atoms with E-state index in [0.717, 1.165) is 5.56 Å². The van der Waals surface area contributed by atoms with Crippen molar-refractivity contribution < 1.29 is 13.2 Å². The minimum atomic E-state index is -4.23. The second kappa shape index (κ2) is 8.82. The highest BCUT2D eigenvalue weighted by Gasteiger charge is 2.42. The Kier molecular flexibility index (Phi) is 6.42. The maximum Gasteiger partial charge on any atom is 0.393 e. The lowest BCUT2D eigenvalue weighted by Gasteiger charge is -2.35. The van der Waals surface area contributed by atoms with Crippen LogP contribution in [0.1, 0.15) is 18.4 Å². The fourth-order valence-electron chi connectivity index (χ4n) is 4.00. The Balaban J connectivity index is 1.70. The number of rotatable bonds is 4. The molecule has 0 unspecified atom stereocenters. The Hall–Kier alpha value is -1.87. The fraction of sp³-hybridized carbons (Fsp3) is 0.381. The van der Waals surface area contributed by atoms with Crippen molar-refractivity contribution >= 4 is 63.2 Å². The molecule has 0 radical (unpaired) electrons. The summed E-state index contributed by atoms with van der Waals surface area (Å²) in [5, 5.41) is 4.31. The number of benzene rings is 2. The number of nitrogens with two attached hydrogens (primary N) is 1. The molecule has 1 saturated heterocycles. The molecule has 3 N–H and O–H groups in total. The van der Waals surface area contributed by atoms with Crippen LogP contribution in [0.4, 0.5) is 30.5 Å². The molecule has 0 spiro atoms. The maximum absolute atomic E-state index is 13.3. The van der Waals surface area contributed by atoms with Crippen LogP contribution in [0.25, 0.3) is 11.0 Å². The van der Waals surface area contributed by atoms with Crippen molar-refractivity contribution in [3.63, 3.8) is 0 Å². The molecule has 11 heteroatoms. The second-order valence-electron chi connectivity index (χ2n) is 7.84. The van der Waals surface area contributed by atoms with E-state index in [1.165, 1.54) is 0 Å². The van der Waals surface area contributed by atoms with E-state index in [1.807, 2.05) is 0 Å². The lowest BCUT2D eigenvalue weighted by atomic mass is 9.97. The molecule has 0 bridgehead atoms. The normalized spacial score (nSPS) is 17.2. The number of anilines is 3. The van der Waals surface area contributed by atoms with Crippen LogP contribution in [0.15, 0.2) is 24.3 Å². The summed E-state index contributed by atoms with van der Waals surface area (Å²) >= 11 is 19.2. The minimum absolute atomic E-state index is 0.116. The van der Waals surface area contributed by atoms with Gasteiger partial charge in [-0.05, 0) is 36.6 Å². The van der Waals surface area contributed by atoms with E-state index in [-0.39, 0.29) is 19.5 Å². The highest BCUT2D eigenvalue weighted by Crippen LogP contribution is 2.40. The lowest BCUT2D eigenvalue weighted by molar-refractivity contribution is -0.175. The van der Waals surface area contributed by atoms with Crippen LogP contribution in [-0.4, -0.2) is 28.8 Å². The molecule has 32 heavy (non-hydrogen) atoms. The number of nitrogens with zero attached hydrogens (tertiary/aromatic N) is 3. The second-order valence-corrected chi connectivity index (χ2v) is 9.03. The first kappa shape index (κ1) is 23.3. The van der Waals surface area contributed by atoms with Crippen LogP contribution in [0, 0.1) is 5.92 Å². The van der Waals surface area contributed by atoms with Crippen LogP contribution in [-0.2, 0) is 13.6 Å². The van der Waals surface area contributed by atoms with Gasteiger partial charge in [0, 0.05) is 26.7 Å². The number of aryl methyl sites for hydroxylation is 1. The van der Waals surface area contributed by atoms with Crippen molar-refractivity contribution in [3.05, 3.63) is 44.9 Å². The van der Waals surface area contributed by atoms with Gasteiger partial charge in [0.1, 0.15) is 0 Å². The van der Waals surface area contributed by atoms with Crippen molar-refractivity contribution in [2.45, 2.75) is 25.6 Å². The largest absolute Gasteiger partial charge is 0.393 e. The molecule has 0 aliphatic carbocycles. The minimum Gasteiger partial charge on any atom is -0.370 e. The quantitative estimate of drug-likeness (QED) is 0.423. The summed E-state index contributed by atoms with van der Waals surface area (Å²) in [6.07, 6.45) is -3.65. The van der Waals surface area contributed by atoms with E-state index in [1.54, 1.807) is 40.8 Å². The van der Waals surface area contributed by atoms with Gasteiger partial charge in [-0.25, -0.2) is 4.98 Å². The number of fused-ring (bicyclic) bond motifs is 1. The summed E-state index contributed by atoms with van der Waals surface area (Å²) in [4.78, 5) is 6.26. The Labute approximate surface area is 198 Å². The van der Waals surface area contributed by atoms with E-state index >= 15 is 0 Å². The fourth-order valence-corrected chi connectivity index (χ4v) is 4.82. The van der Waals surface area contributed by atoms with E-state index in [2.05, 4.69) is 10.3 Å². The Morgan fingerprint density at radius 3 is 2.62 bits per heavy atom. The predicted octanol–water partition coefficient (Wildman–Crippen LogP) is 6.51. The van der Waals surface area contributed by atoms with E-state index in [9.17, 15) is 13.2 Å². The van der Waals surface area contributed by atoms with Gasteiger partial charge in [-0.15, -0.1) is 0 Å². The average molecular weight is 507 g/mol. The van der Waals surface area contributed by atoms with Crippen LogP contribution in [0.3, 0.4) is 0 Å². The smallest absolute Gasteiger partial charge is 0.370 e. The summed E-state index contributed by atoms with van der Waals surface area (Å²) in [5.41, 5.74) is 8.80. The van der Waals surface area contributed by atoms with Gasteiger partial charge in [0.05, 0.1) is 43.4 Å². The third-order valence-electron chi connectivity index (χ3n) is 5.80. The molecule has 172 valence electrons. The monoisotopic (exact) mass is 505 g/mol. The number of imidazole rings is 1. The molecule has 1 aromatic heterocycles. The third-order valence-corrected chi connectivity index (χ3v) is 6.85. The zero-order chi connectivity index (χ0) is 23.2. The Morgan fingerprint density at radius 1 is 1.19 bits per heavy atom. The molecule has 5 nitrogen and oxygen atoms in total. The van der Waals surface area contributed by atoms with Gasteiger partial charge in [-0.1, -0.05) is 40.9 Å². The Morgan fingerprint density at radius 2 is 1.94 bits per heavy atom. The molecule has 1 fully saturated rings. The van der Waals surface area contributed by atoms with Crippen LogP contribution < -0.4 is 16.0 Å². The molecule has 1 atom stereocenters. The zero-order valence-corrected chi connectivity index (χ0v) is 19.4. The summed E-state index contributed by atoms with van der Waals surface area (Å²) in [7, 11) is 1.79. The van der Waals surface area contributed by atoms with Gasteiger partial charge >= 0.3 is 6.18 Å². The summed E-state index contributed by atoms with van der Waals surface area (Å²) in [6, 6.07) is 6.88. The molecule has 0 amide bonds.